The molecule has 0 spiro atoms. The summed E-state index contributed by atoms with van der Waals surface area (Å²) in [7, 11) is 0. The molecule has 0 aliphatic heterocycles. The van der Waals surface area contributed by atoms with Crippen LogP contribution >= 0.6 is 11.6 Å². The number of aromatic nitrogens is 2. The van der Waals surface area contributed by atoms with Gasteiger partial charge in [-0.1, -0.05) is 23.7 Å². The van der Waals surface area contributed by atoms with Crippen molar-refractivity contribution in [1.29, 1.82) is 5.26 Å². The molecular weight excluding hydrogens is 250 g/mol. The molecule has 90 valence electrons. The molecule has 0 fully saturated rings. The Morgan fingerprint density at radius 2 is 2.33 bits per heavy atom. The predicted octanol–water partition coefficient (Wildman–Crippen LogP) is 2.93. The average molecular weight is 260 g/mol. The number of benzene rings is 1. The van der Waals surface area contributed by atoms with Crippen LogP contribution in [-0.4, -0.2) is 16.1 Å². The molecule has 0 amide bonds. The van der Waals surface area contributed by atoms with E-state index < -0.39 is 0 Å². The standard InChI is InChI=1S/C13H10ClN3O/c14-12-4-1-3-10(7-12)13-11(9-18)8-17(16-13)6-2-5-15/h1,3-4,7-9H,2,6H2. The van der Waals surface area contributed by atoms with Gasteiger partial charge in [-0.15, -0.1) is 0 Å². The van der Waals surface area contributed by atoms with Crippen LogP contribution in [0.2, 0.25) is 5.02 Å². The van der Waals surface area contributed by atoms with E-state index in [0.717, 1.165) is 11.8 Å². The maximum atomic E-state index is 11.0. The van der Waals surface area contributed by atoms with Crippen molar-refractivity contribution in [3.63, 3.8) is 0 Å². The highest BCUT2D eigenvalue weighted by atomic mass is 35.5. The topological polar surface area (TPSA) is 58.7 Å². The summed E-state index contributed by atoms with van der Waals surface area (Å²) in [5.41, 5.74) is 1.88. The van der Waals surface area contributed by atoms with Gasteiger partial charge < -0.3 is 0 Å². The van der Waals surface area contributed by atoms with Crippen LogP contribution < -0.4 is 0 Å². The Balaban J connectivity index is 2.40. The van der Waals surface area contributed by atoms with Crippen LogP contribution in [0.4, 0.5) is 0 Å². The molecule has 0 aliphatic rings. The number of halogens is 1. The fourth-order valence-corrected chi connectivity index (χ4v) is 1.85. The first-order chi connectivity index (χ1) is 8.74. The van der Waals surface area contributed by atoms with Gasteiger partial charge in [0.15, 0.2) is 6.29 Å². The van der Waals surface area contributed by atoms with Gasteiger partial charge in [-0.25, -0.2) is 0 Å². The molecule has 1 aromatic heterocycles. The Bertz CT molecular complexity index is 613. The Hall–Kier alpha value is -2.12. The van der Waals surface area contributed by atoms with Gasteiger partial charge in [0.25, 0.3) is 0 Å². The molecular formula is C13H10ClN3O. The molecule has 18 heavy (non-hydrogen) atoms. The van der Waals surface area contributed by atoms with Crippen LogP contribution in [-0.2, 0) is 6.54 Å². The summed E-state index contributed by atoms with van der Waals surface area (Å²) in [6.45, 7) is 0.470. The second-order valence-corrected chi connectivity index (χ2v) is 4.17. The molecule has 0 radical (unpaired) electrons. The van der Waals surface area contributed by atoms with Gasteiger partial charge in [-0.05, 0) is 12.1 Å². The third-order valence-corrected chi connectivity index (χ3v) is 2.70. The average Bonchev–Trinajstić information content (AvgIpc) is 2.79. The molecule has 2 aromatic rings. The number of aldehydes is 1. The molecule has 0 saturated heterocycles. The fraction of sp³-hybridized carbons (Fsp3) is 0.154. The number of carbonyl (C=O) groups is 1. The summed E-state index contributed by atoms with van der Waals surface area (Å²) in [6.07, 6.45) is 2.75. The monoisotopic (exact) mass is 259 g/mol. The summed E-state index contributed by atoms with van der Waals surface area (Å²) in [4.78, 5) is 11.0. The molecule has 0 N–H and O–H groups in total. The normalized spacial score (nSPS) is 10.0. The van der Waals surface area contributed by atoms with Crippen LogP contribution in [0.3, 0.4) is 0 Å². The molecule has 2 rings (SSSR count). The zero-order valence-electron chi connectivity index (χ0n) is 9.51. The van der Waals surface area contributed by atoms with E-state index in [9.17, 15) is 4.79 Å². The van der Waals surface area contributed by atoms with Gasteiger partial charge in [0.1, 0.15) is 5.69 Å². The first kappa shape index (κ1) is 12.3. The molecule has 5 heteroatoms. The molecule has 0 saturated carbocycles. The number of rotatable bonds is 4. The van der Waals surface area contributed by atoms with E-state index in [-0.39, 0.29) is 0 Å². The second kappa shape index (κ2) is 5.48. The van der Waals surface area contributed by atoms with E-state index in [1.807, 2.05) is 12.1 Å². The van der Waals surface area contributed by atoms with Crippen LogP contribution in [0.15, 0.2) is 30.5 Å². The minimum Gasteiger partial charge on any atom is -0.298 e. The van der Waals surface area contributed by atoms with Crippen molar-refractivity contribution >= 4 is 17.9 Å². The van der Waals surface area contributed by atoms with Crippen LogP contribution in [0.25, 0.3) is 11.3 Å². The van der Waals surface area contributed by atoms with Crippen molar-refractivity contribution in [2.45, 2.75) is 13.0 Å². The highest BCUT2D eigenvalue weighted by Gasteiger charge is 2.10. The van der Waals surface area contributed by atoms with Crippen molar-refractivity contribution in [2.75, 3.05) is 0 Å². The van der Waals surface area contributed by atoms with E-state index in [4.69, 9.17) is 16.9 Å². The van der Waals surface area contributed by atoms with Gasteiger partial charge >= 0.3 is 0 Å². The molecule has 1 heterocycles. The van der Waals surface area contributed by atoms with Gasteiger partial charge in [0.2, 0.25) is 0 Å². The summed E-state index contributed by atoms with van der Waals surface area (Å²) < 4.78 is 1.60. The number of hydrogen-bond acceptors (Lipinski definition) is 3. The van der Waals surface area contributed by atoms with Crippen molar-refractivity contribution in [2.24, 2.45) is 0 Å². The lowest BCUT2D eigenvalue weighted by atomic mass is 10.1. The summed E-state index contributed by atoms with van der Waals surface area (Å²) >= 11 is 5.91. The van der Waals surface area contributed by atoms with E-state index >= 15 is 0 Å². The summed E-state index contributed by atoms with van der Waals surface area (Å²) in [5.74, 6) is 0. The van der Waals surface area contributed by atoms with Gasteiger partial charge in [-0.3, -0.25) is 9.48 Å². The minimum atomic E-state index is 0.356. The maximum absolute atomic E-state index is 11.0. The van der Waals surface area contributed by atoms with Crippen molar-refractivity contribution < 1.29 is 4.79 Å². The van der Waals surface area contributed by atoms with Crippen LogP contribution in [0.1, 0.15) is 16.8 Å². The van der Waals surface area contributed by atoms with E-state index in [2.05, 4.69) is 5.10 Å². The zero-order valence-corrected chi connectivity index (χ0v) is 10.3. The van der Waals surface area contributed by atoms with Crippen LogP contribution in [0, 0.1) is 11.3 Å². The molecule has 0 unspecified atom stereocenters. The van der Waals surface area contributed by atoms with Crippen molar-refractivity contribution in [1.82, 2.24) is 9.78 Å². The third-order valence-electron chi connectivity index (χ3n) is 2.47. The third kappa shape index (κ3) is 2.58. The largest absolute Gasteiger partial charge is 0.298 e. The van der Waals surface area contributed by atoms with Crippen molar-refractivity contribution in [3.8, 4) is 17.3 Å². The number of nitrogens with zero attached hydrogens (tertiary/aromatic N) is 3. The molecule has 0 atom stereocenters. The molecule has 1 aromatic carbocycles. The first-order valence-electron chi connectivity index (χ1n) is 5.40. The number of carbonyl (C=O) groups excluding carboxylic acids is 1. The predicted molar refractivity (Wildman–Crippen MR) is 68.3 cm³/mol. The van der Waals surface area contributed by atoms with Gasteiger partial charge in [0.05, 0.1) is 24.6 Å². The molecule has 4 nitrogen and oxygen atoms in total. The highest BCUT2D eigenvalue weighted by molar-refractivity contribution is 6.30. The van der Waals surface area contributed by atoms with Gasteiger partial charge in [-0.2, -0.15) is 10.4 Å². The first-order valence-corrected chi connectivity index (χ1v) is 5.78. The fourth-order valence-electron chi connectivity index (χ4n) is 1.66. The van der Waals surface area contributed by atoms with E-state index in [0.29, 0.717) is 29.2 Å². The zero-order chi connectivity index (χ0) is 13.0. The number of nitriles is 1. The lowest BCUT2D eigenvalue weighted by Gasteiger charge is -1.99. The number of hydrogen-bond donors (Lipinski definition) is 0. The Kier molecular flexibility index (Phi) is 3.75. The number of aryl methyl sites for hydroxylation is 1. The lowest BCUT2D eigenvalue weighted by Crippen LogP contribution is -1.97. The lowest BCUT2D eigenvalue weighted by molar-refractivity contribution is 0.112. The second-order valence-electron chi connectivity index (χ2n) is 3.73. The Morgan fingerprint density at radius 1 is 1.50 bits per heavy atom. The molecule has 0 aliphatic carbocycles. The smallest absolute Gasteiger partial charge is 0.153 e. The summed E-state index contributed by atoms with van der Waals surface area (Å²) in [5, 5.41) is 13.4. The van der Waals surface area contributed by atoms with E-state index in [1.165, 1.54) is 0 Å². The Morgan fingerprint density at radius 3 is 3.00 bits per heavy atom. The van der Waals surface area contributed by atoms with Crippen LogP contribution in [0.5, 0.6) is 0 Å². The summed E-state index contributed by atoms with van der Waals surface area (Å²) in [6, 6.07) is 9.21. The quantitative estimate of drug-likeness (QED) is 0.793. The highest BCUT2D eigenvalue weighted by Crippen LogP contribution is 2.23. The van der Waals surface area contributed by atoms with Crippen molar-refractivity contribution in [3.05, 3.63) is 41.0 Å². The maximum Gasteiger partial charge on any atom is 0.153 e. The Labute approximate surface area is 109 Å². The SMILES string of the molecule is N#CCCn1cc(C=O)c(-c2cccc(Cl)c2)n1. The van der Waals surface area contributed by atoms with Gasteiger partial charge in [0, 0.05) is 16.8 Å². The molecule has 0 bridgehead atoms. The minimum absolute atomic E-state index is 0.356. The van der Waals surface area contributed by atoms with E-state index in [1.54, 1.807) is 29.1 Å².